The molecule has 0 aliphatic carbocycles. The third kappa shape index (κ3) is 15.8. The van der Waals surface area contributed by atoms with Gasteiger partial charge < -0.3 is 18.9 Å². The molecule has 5 heteroatoms. The van der Waals surface area contributed by atoms with Crippen LogP contribution in [0.1, 0.15) is 26.7 Å². The molecule has 0 radical (unpaired) electrons. The van der Waals surface area contributed by atoms with E-state index in [9.17, 15) is 0 Å². The molecule has 0 aromatic carbocycles. The summed E-state index contributed by atoms with van der Waals surface area (Å²) in [6.45, 7) is 9.55. The zero-order chi connectivity index (χ0) is 12.6. The molecule has 0 amide bonds. The highest BCUT2D eigenvalue weighted by Gasteiger charge is 1.91. The van der Waals surface area contributed by atoms with E-state index in [1.165, 1.54) is 0 Å². The van der Waals surface area contributed by atoms with Crippen LogP contribution in [-0.2, 0) is 18.9 Å². The van der Waals surface area contributed by atoms with Crippen LogP contribution in [0.4, 0.5) is 0 Å². The molecule has 0 aliphatic rings. The van der Waals surface area contributed by atoms with Crippen molar-refractivity contribution in [1.29, 1.82) is 0 Å². The number of ether oxygens (including phenoxy) is 4. The molecule has 0 unspecified atom stereocenters. The average molecular weight is 249 g/mol. The average Bonchev–Trinajstić information content (AvgIpc) is 2.35. The van der Waals surface area contributed by atoms with Gasteiger partial charge >= 0.3 is 0 Å². The maximum atomic E-state index is 5.33. The van der Waals surface area contributed by atoms with Gasteiger partial charge in [-0.1, -0.05) is 0 Å². The zero-order valence-corrected chi connectivity index (χ0v) is 11.2. The van der Waals surface area contributed by atoms with Gasteiger partial charge in [-0.15, -0.1) is 0 Å². The number of hydrogen-bond donors (Lipinski definition) is 1. The van der Waals surface area contributed by atoms with Crippen molar-refractivity contribution >= 4 is 0 Å². The summed E-state index contributed by atoms with van der Waals surface area (Å²) in [6, 6.07) is 0. The van der Waals surface area contributed by atoms with Gasteiger partial charge in [0.2, 0.25) is 0 Å². The normalized spacial score (nSPS) is 10.9. The summed E-state index contributed by atoms with van der Waals surface area (Å²) in [4.78, 5) is 0. The Morgan fingerprint density at radius 1 is 0.647 bits per heavy atom. The first-order valence-corrected chi connectivity index (χ1v) is 6.43. The fourth-order valence-electron chi connectivity index (χ4n) is 1.15. The van der Waals surface area contributed by atoms with E-state index in [2.05, 4.69) is 5.32 Å². The Kier molecular flexibility index (Phi) is 15.6. The van der Waals surface area contributed by atoms with Gasteiger partial charge in [-0.3, -0.25) is 5.32 Å². The van der Waals surface area contributed by atoms with Gasteiger partial charge in [0.25, 0.3) is 0 Å². The highest BCUT2D eigenvalue weighted by atomic mass is 16.5. The first kappa shape index (κ1) is 16.8. The Labute approximate surface area is 105 Å². The molecule has 0 heterocycles. The second kappa shape index (κ2) is 15.8. The van der Waals surface area contributed by atoms with E-state index >= 15 is 0 Å². The van der Waals surface area contributed by atoms with Gasteiger partial charge in [0.1, 0.15) is 0 Å². The van der Waals surface area contributed by atoms with E-state index in [0.29, 0.717) is 13.5 Å². The van der Waals surface area contributed by atoms with Crippen LogP contribution < -0.4 is 5.32 Å². The zero-order valence-electron chi connectivity index (χ0n) is 11.2. The molecule has 0 fully saturated rings. The Morgan fingerprint density at radius 2 is 1.06 bits per heavy atom. The highest BCUT2D eigenvalue weighted by molar-refractivity contribution is 4.36. The third-order valence-electron chi connectivity index (χ3n) is 1.97. The highest BCUT2D eigenvalue weighted by Crippen LogP contribution is 1.85. The van der Waals surface area contributed by atoms with Crippen molar-refractivity contribution in [2.75, 3.05) is 53.1 Å². The molecule has 0 saturated carbocycles. The number of hydrogen-bond acceptors (Lipinski definition) is 5. The molecule has 0 spiro atoms. The van der Waals surface area contributed by atoms with Crippen LogP contribution in [0.5, 0.6) is 0 Å². The lowest BCUT2D eigenvalue weighted by Crippen LogP contribution is -2.22. The second-order valence-electron chi connectivity index (χ2n) is 3.46. The lowest BCUT2D eigenvalue weighted by atomic mass is 10.5. The summed E-state index contributed by atoms with van der Waals surface area (Å²) >= 11 is 0. The van der Waals surface area contributed by atoms with Crippen LogP contribution in [-0.4, -0.2) is 53.1 Å². The van der Waals surface area contributed by atoms with Crippen molar-refractivity contribution in [3.05, 3.63) is 0 Å². The fourth-order valence-corrected chi connectivity index (χ4v) is 1.15. The molecule has 0 aromatic rings. The van der Waals surface area contributed by atoms with Crippen molar-refractivity contribution in [3.63, 3.8) is 0 Å². The van der Waals surface area contributed by atoms with Gasteiger partial charge in [0, 0.05) is 26.4 Å². The number of rotatable bonds is 14. The van der Waals surface area contributed by atoms with Crippen molar-refractivity contribution < 1.29 is 18.9 Å². The SMILES string of the molecule is CCOCCCOCNCOCCCOCC. The van der Waals surface area contributed by atoms with Crippen LogP contribution in [0.15, 0.2) is 0 Å². The van der Waals surface area contributed by atoms with E-state index in [1.54, 1.807) is 0 Å². The molecule has 0 rings (SSSR count). The molecule has 5 nitrogen and oxygen atoms in total. The maximum absolute atomic E-state index is 5.33. The topological polar surface area (TPSA) is 49.0 Å². The first-order chi connectivity index (χ1) is 8.41. The van der Waals surface area contributed by atoms with Gasteiger partial charge in [-0.05, 0) is 26.7 Å². The summed E-state index contributed by atoms with van der Waals surface area (Å²) in [7, 11) is 0. The van der Waals surface area contributed by atoms with Crippen LogP contribution in [0, 0.1) is 0 Å². The lowest BCUT2D eigenvalue weighted by molar-refractivity contribution is 0.0395. The van der Waals surface area contributed by atoms with Gasteiger partial charge in [-0.2, -0.15) is 0 Å². The predicted octanol–water partition coefficient (Wildman–Crippen LogP) is 1.38. The standard InChI is InChI=1S/C12H27NO4/c1-3-14-7-5-9-16-11-13-12-17-10-6-8-15-4-2/h13H,3-12H2,1-2H3. The predicted molar refractivity (Wildman–Crippen MR) is 67.0 cm³/mol. The molecular weight excluding hydrogens is 222 g/mol. The van der Waals surface area contributed by atoms with Gasteiger partial charge in [0.05, 0.1) is 26.7 Å². The van der Waals surface area contributed by atoms with Crippen molar-refractivity contribution in [2.45, 2.75) is 26.7 Å². The summed E-state index contributed by atoms with van der Waals surface area (Å²) in [5, 5.41) is 3.04. The Balaban J connectivity index is 2.85. The van der Waals surface area contributed by atoms with Crippen molar-refractivity contribution in [1.82, 2.24) is 5.32 Å². The van der Waals surface area contributed by atoms with Crippen LogP contribution in [0.2, 0.25) is 0 Å². The molecule has 0 atom stereocenters. The summed E-state index contributed by atoms with van der Waals surface area (Å²) in [5.74, 6) is 0. The Hall–Kier alpha value is -0.200. The maximum Gasteiger partial charge on any atom is 0.0982 e. The van der Waals surface area contributed by atoms with E-state index in [4.69, 9.17) is 18.9 Å². The molecule has 104 valence electrons. The molecule has 0 saturated heterocycles. The smallest absolute Gasteiger partial charge is 0.0982 e. The molecular formula is C12H27NO4. The quantitative estimate of drug-likeness (QED) is 0.372. The Bertz CT molecular complexity index is 122. The first-order valence-electron chi connectivity index (χ1n) is 6.43. The molecule has 0 bridgehead atoms. The van der Waals surface area contributed by atoms with Gasteiger partial charge in [0.15, 0.2) is 0 Å². The van der Waals surface area contributed by atoms with Crippen molar-refractivity contribution in [3.8, 4) is 0 Å². The second-order valence-corrected chi connectivity index (χ2v) is 3.46. The molecule has 17 heavy (non-hydrogen) atoms. The van der Waals surface area contributed by atoms with E-state index in [-0.39, 0.29) is 0 Å². The summed E-state index contributed by atoms with van der Waals surface area (Å²) in [6.07, 6.45) is 1.87. The third-order valence-corrected chi connectivity index (χ3v) is 1.97. The summed E-state index contributed by atoms with van der Waals surface area (Å²) < 4.78 is 21.0. The Morgan fingerprint density at radius 3 is 1.47 bits per heavy atom. The van der Waals surface area contributed by atoms with Crippen LogP contribution >= 0.6 is 0 Å². The van der Waals surface area contributed by atoms with Crippen LogP contribution in [0.3, 0.4) is 0 Å². The molecule has 0 aromatic heterocycles. The van der Waals surface area contributed by atoms with E-state index in [1.807, 2.05) is 13.8 Å². The fraction of sp³-hybridized carbons (Fsp3) is 1.00. The van der Waals surface area contributed by atoms with E-state index in [0.717, 1.165) is 52.5 Å². The molecule has 0 aliphatic heterocycles. The van der Waals surface area contributed by atoms with Crippen molar-refractivity contribution in [2.24, 2.45) is 0 Å². The summed E-state index contributed by atoms with van der Waals surface area (Å²) in [5.41, 5.74) is 0. The minimum Gasteiger partial charge on any atom is -0.382 e. The minimum absolute atomic E-state index is 0.525. The monoisotopic (exact) mass is 249 g/mol. The number of nitrogens with one attached hydrogen (secondary N) is 1. The largest absolute Gasteiger partial charge is 0.382 e. The minimum atomic E-state index is 0.525. The lowest BCUT2D eigenvalue weighted by Gasteiger charge is -2.07. The van der Waals surface area contributed by atoms with E-state index < -0.39 is 0 Å². The molecule has 1 N–H and O–H groups in total. The van der Waals surface area contributed by atoms with Gasteiger partial charge in [-0.25, -0.2) is 0 Å². The van der Waals surface area contributed by atoms with Crippen LogP contribution in [0.25, 0.3) is 0 Å².